The summed E-state index contributed by atoms with van der Waals surface area (Å²) in [7, 11) is 1.67. The minimum absolute atomic E-state index is 0.00916. The number of thioether (sulfide) groups is 1. The largest absolute Gasteiger partial charge is 0.389 e. The minimum atomic E-state index is -0.484. The number of hydrogen-bond acceptors (Lipinski definition) is 7. The second-order valence-corrected chi connectivity index (χ2v) is 10.5. The summed E-state index contributed by atoms with van der Waals surface area (Å²) in [6, 6.07) is 13.3. The number of hydrogen-bond donors (Lipinski definition) is 4. The monoisotopic (exact) mass is 570 g/mol. The molecule has 1 aliphatic heterocycles. The second kappa shape index (κ2) is 16.9. The highest BCUT2D eigenvalue weighted by atomic mass is 35.5. The molecular weight excluding hydrogens is 535 g/mol. The van der Waals surface area contributed by atoms with E-state index in [4.69, 9.17) is 33.7 Å². The summed E-state index contributed by atoms with van der Waals surface area (Å²) in [5.41, 5.74) is 6.69. The molecule has 0 radical (unpaired) electrons. The molecule has 1 saturated heterocycles. The number of nitrogens with zero attached hydrogens (tertiary/aromatic N) is 1. The molecule has 2 amide bonds. The first-order valence-corrected chi connectivity index (χ1v) is 13.8. The third kappa shape index (κ3) is 12.5. The van der Waals surface area contributed by atoms with Gasteiger partial charge in [0.2, 0.25) is 11.8 Å². The standard InChI is InChI=1S/C23H28Cl2N2O3S.C3H8N2O/c1-16(28)18-3-5-20(6-4-18)31-15-23(29)26-13-19-8-9-27(10-11-30-19)14-17-2-7-21(24)22(25)12-17;1-5-2-3(4)6/h2-7,12,16,19,28H,8-11,13-15H2,1H3,(H,26,29);5H,2H2,1H3,(H2,4,6). The summed E-state index contributed by atoms with van der Waals surface area (Å²) in [5, 5.41) is 16.3. The Balaban J connectivity index is 0.000000717. The van der Waals surface area contributed by atoms with Crippen molar-refractivity contribution < 1.29 is 19.4 Å². The molecule has 2 aromatic rings. The van der Waals surface area contributed by atoms with Crippen LogP contribution in [0.2, 0.25) is 10.0 Å². The van der Waals surface area contributed by atoms with Gasteiger partial charge in [-0.25, -0.2) is 0 Å². The van der Waals surface area contributed by atoms with Crippen molar-refractivity contribution in [1.29, 1.82) is 0 Å². The number of carbonyl (C=O) groups excluding carboxylic acids is 2. The van der Waals surface area contributed by atoms with Crippen LogP contribution in [0.1, 0.15) is 30.6 Å². The van der Waals surface area contributed by atoms with Crippen molar-refractivity contribution in [3.05, 3.63) is 63.6 Å². The van der Waals surface area contributed by atoms with Crippen LogP contribution < -0.4 is 16.4 Å². The normalized spacial score (nSPS) is 16.7. The Labute approximate surface area is 233 Å². The number of nitrogens with two attached hydrogens (primary N) is 1. The number of halogens is 2. The highest BCUT2D eigenvalue weighted by molar-refractivity contribution is 8.00. The maximum absolute atomic E-state index is 12.2. The fourth-order valence-electron chi connectivity index (χ4n) is 3.53. The van der Waals surface area contributed by atoms with Gasteiger partial charge in [0.25, 0.3) is 0 Å². The van der Waals surface area contributed by atoms with Crippen LogP contribution >= 0.6 is 35.0 Å². The number of aliphatic hydroxyl groups excluding tert-OH is 1. The Hall–Kier alpha value is -1.85. The highest BCUT2D eigenvalue weighted by Crippen LogP contribution is 2.24. The van der Waals surface area contributed by atoms with E-state index in [1.54, 1.807) is 14.0 Å². The molecule has 1 heterocycles. The summed E-state index contributed by atoms with van der Waals surface area (Å²) in [6.45, 7) is 5.67. The van der Waals surface area contributed by atoms with Crippen molar-refractivity contribution in [1.82, 2.24) is 15.5 Å². The lowest BCUT2D eigenvalue weighted by atomic mass is 10.1. The van der Waals surface area contributed by atoms with Gasteiger partial charge in [-0.05, 0) is 55.8 Å². The van der Waals surface area contributed by atoms with E-state index in [-0.39, 0.29) is 24.5 Å². The molecule has 37 heavy (non-hydrogen) atoms. The highest BCUT2D eigenvalue weighted by Gasteiger charge is 2.18. The molecule has 0 spiro atoms. The lowest BCUT2D eigenvalue weighted by molar-refractivity contribution is -0.119. The number of primary amides is 1. The Bertz CT molecular complexity index is 995. The number of amides is 2. The van der Waals surface area contributed by atoms with Crippen LogP contribution in [0.4, 0.5) is 0 Å². The maximum atomic E-state index is 12.2. The molecule has 0 aromatic heterocycles. The molecule has 2 atom stereocenters. The Morgan fingerprint density at radius 3 is 2.51 bits per heavy atom. The molecule has 1 aliphatic rings. The van der Waals surface area contributed by atoms with E-state index in [0.717, 1.165) is 42.1 Å². The summed E-state index contributed by atoms with van der Waals surface area (Å²) < 4.78 is 5.93. The molecule has 1 fully saturated rings. The second-order valence-electron chi connectivity index (χ2n) is 8.64. The molecule has 8 nitrogen and oxygen atoms in total. The average Bonchev–Trinajstić information content (AvgIpc) is 3.09. The molecule has 3 rings (SSSR count). The molecule has 0 bridgehead atoms. The number of likely N-dealkylation sites (N-methyl/N-ethyl adjacent to an activating group) is 1. The van der Waals surface area contributed by atoms with Gasteiger partial charge in [0.15, 0.2) is 0 Å². The van der Waals surface area contributed by atoms with Crippen LogP contribution in [0.25, 0.3) is 0 Å². The Morgan fingerprint density at radius 2 is 1.92 bits per heavy atom. The van der Waals surface area contributed by atoms with Gasteiger partial charge in [0.05, 0.1) is 41.2 Å². The maximum Gasteiger partial charge on any atom is 0.231 e. The molecule has 204 valence electrons. The fraction of sp³-hybridized carbons (Fsp3) is 0.462. The molecule has 2 aromatic carbocycles. The third-order valence-electron chi connectivity index (χ3n) is 5.53. The Morgan fingerprint density at radius 1 is 1.19 bits per heavy atom. The summed E-state index contributed by atoms with van der Waals surface area (Å²) in [5.74, 6) is 0.0205. The van der Waals surface area contributed by atoms with Gasteiger partial charge in [0, 0.05) is 31.1 Å². The Kier molecular flexibility index (Phi) is 14.3. The SMILES string of the molecule is CC(O)c1ccc(SCC(=O)NCC2CCN(Cc3ccc(Cl)c(Cl)c3)CCO2)cc1.CNCC(N)=O. The predicted molar refractivity (Wildman–Crippen MR) is 150 cm³/mol. The van der Waals surface area contributed by atoms with Gasteiger partial charge in [-0.15, -0.1) is 11.8 Å². The topological polar surface area (TPSA) is 117 Å². The lowest BCUT2D eigenvalue weighted by Crippen LogP contribution is -2.35. The molecule has 0 aliphatic carbocycles. The van der Waals surface area contributed by atoms with Gasteiger partial charge >= 0.3 is 0 Å². The number of carbonyl (C=O) groups is 2. The number of aliphatic hydroxyl groups is 1. The van der Waals surface area contributed by atoms with Crippen molar-refractivity contribution in [2.45, 2.75) is 37.0 Å². The van der Waals surface area contributed by atoms with Crippen LogP contribution in [0.5, 0.6) is 0 Å². The first kappa shape index (κ1) is 31.4. The van der Waals surface area contributed by atoms with Crippen molar-refractivity contribution in [3.63, 3.8) is 0 Å². The van der Waals surface area contributed by atoms with Gasteiger partial charge < -0.3 is 26.2 Å². The number of rotatable bonds is 10. The van der Waals surface area contributed by atoms with Crippen LogP contribution in [-0.4, -0.2) is 73.5 Å². The minimum Gasteiger partial charge on any atom is -0.389 e. The molecule has 0 saturated carbocycles. The number of ether oxygens (including phenoxy) is 1. The average molecular weight is 572 g/mol. The molecule has 5 N–H and O–H groups in total. The fourth-order valence-corrected chi connectivity index (χ4v) is 4.58. The summed E-state index contributed by atoms with van der Waals surface area (Å²) >= 11 is 13.6. The van der Waals surface area contributed by atoms with Crippen LogP contribution in [-0.2, 0) is 20.9 Å². The van der Waals surface area contributed by atoms with E-state index in [2.05, 4.69) is 15.5 Å². The number of nitrogens with one attached hydrogen (secondary N) is 2. The first-order chi connectivity index (χ1) is 17.7. The van der Waals surface area contributed by atoms with Gasteiger partial charge in [-0.2, -0.15) is 0 Å². The predicted octanol–water partition coefficient (Wildman–Crippen LogP) is 3.24. The lowest BCUT2D eigenvalue weighted by Gasteiger charge is -2.19. The molecule has 2 unspecified atom stereocenters. The quantitative estimate of drug-likeness (QED) is 0.324. The summed E-state index contributed by atoms with van der Waals surface area (Å²) in [6.07, 6.45) is 0.384. The number of benzene rings is 2. The van der Waals surface area contributed by atoms with Crippen molar-refractivity contribution in [2.75, 3.05) is 45.6 Å². The molecular formula is C26H36Cl2N4O4S. The van der Waals surface area contributed by atoms with E-state index >= 15 is 0 Å². The van der Waals surface area contributed by atoms with Crippen LogP contribution in [0.3, 0.4) is 0 Å². The summed E-state index contributed by atoms with van der Waals surface area (Å²) in [4.78, 5) is 25.3. The smallest absolute Gasteiger partial charge is 0.231 e. The third-order valence-corrected chi connectivity index (χ3v) is 7.28. The first-order valence-electron chi connectivity index (χ1n) is 12.1. The van der Waals surface area contributed by atoms with E-state index in [1.165, 1.54) is 11.8 Å². The van der Waals surface area contributed by atoms with Crippen LogP contribution in [0, 0.1) is 0 Å². The zero-order valence-corrected chi connectivity index (χ0v) is 23.5. The van der Waals surface area contributed by atoms with E-state index < -0.39 is 6.10 Å². The van der Waals surface area contributed by atoms with Crippen molar-refractivity contribution in [2.24, 2.45) is 5.73 Å². The van der Waals surface area contributed by atoms with E-state index in [0.29, 0.717) is 28.9 Å². The zero-order chi connectivity index (χ0) is 27.2. The van der Waals surface area contributed by atoms with Gasteiger partial charge in [-0.1, -0.05) is 41.4 Å². The zero-order valence-electron chi connectivity index (χ0n) is 21.2. The van der Waals surface area contributed by atoms with Crippen molar-refractivity contribution >= 4 is 46.8 Å². The molecule has 11 heteroatoms. The van der Waals surface area contributed by atoms with E-state index in [1.807, 2.05) is 42.5 Å². The van der Waals surface area contributed by atoms with Gasteiger partial charge in [0.1, 0.15) is 0 Å². The van der Waals surface area contributed by atoms with Crippen LogP contribution in [0.15, 0.2) is 47.4 Å². The van der Waals surface area contributed by atoms with Crippen molar-refractivity contribution in [3.8, 4) is 0 Å². The van der Waals surface area contributed by atoms with Gasteiger partial charge in [-0.3, -0.25) is 14.5 Å². The van der Waals surface area contributed by atoms with E-state index in [9.17, 15) is 14.7 Å².